The van der Waals surface area contributed by atoms with E-state index in [9.17, 15) is 17.6 Å². The molecule has 3 N–H and O–H groups in total. The smallest absolute Gasteiger partial charge is 0.244 e. The molecule has 2 saturated heterocycles. The van der Waals surface area contributed by atoms with Crippen LogP contribution in [-0.2, 0) is 10.0 Å². The number of benzene rings is 1. The number of rotatable bonds is 9. The van der Waals surface area contributed by atoms with Crippen LogP contribution in [0.2, 0.25) is 0 Å². The van der Waals surface area contributed by atoms with E-state index in [-0.39, 0.29) is 33.1 Å². The van der Waals surface area contributed by atoms with Crippen LogP contribution in [0, 0.1) is 5.82 Å². The van der Waals surface area contributed by atoms with E-state index in [1.165, 1.54) is 67.5 Å². The molecule has 2 aliphatic heterocycles. The van der Waals surface area contributed by atoms with Crippen LogP contribution < -0.4 is 16.4 Å². The van der Waals surface area contributed by atoms with Gasteiger partial charge < -0.3 is 16.0 Å². The van der Waals surface area contributed by atoms with Crippen molar-refractivity contribution in [2.24, 2.45) is 4.99 Å². The third-order valence-electron chi connectivity index (χ3n) is 6.97. The molecule has 1 atom stereocenters. The van der Waals surface area contributed by atoms with Crippen molar-refractivity contribution >= 4 is 71.5 Å². The van der Waals surface area contributed by atoms with Crippen LogP contribution in [0.5, 0.6) is 0 Å². The summed E-state index contributed by atoms with van der Waals surface area (Å²) in [5.74, 6) is -0.913. The highest BCUT2D eigenvalue weighted by atomic mass is 32.2. The Morgan fingerprint density at radius 1 is 1.23 bits per heavy atom. The van der Waals surface area contributed by atoms with E-state index in [0.717, 1.165) is 11.3 Å². The summed E-state index contributed by atoms with van der Waals surface area (Å²) in [6.45, 7) is 9.30. The van der Waals surface area contributed by atoms with Crippen LogP contribution in [0.4, 0.5) is 15.3 Å². The number of hydrogen-bond donors (Lipinski definition) is 3. The van der Waals surface area contributed by atoms with E-state index in [2.05, 4.69) is 63.0 Å². The molecule has 1 unspecified atom stereocenters. The maximum atomic E-state index is 14.2. The topological polar surface area (TPSA) is 121 Å². The molecule has 2 fully saturated rings. The Morgan fingerprint density at radius 2 is 1.86 bits per heavy atom. The number of likely N-dealkylation sites (tertiary alicyclic amines) is 1. The average Bonchev–Trinajstić information content (AvgIpc) is 3.61. The van der Waals surface area contributed by atoms with Gasteiger partial charge in [-0.05, 0) is 64.1 Å². The highest BCUT2D eigenvalue weighted by Crippen LogP contribution is 2.30. The monoisotopic (exact) mass is 672 g/mol. The third-order valence-corrected chi connectivity index (χ3v) is 10.6. The standard InChI is InChI=1S/C20H25FN5O3PS3.C5H11N.C4H10/c1-2-13(10-23-11-31)33(28,29)26-8-6-12(7-9-26)24-20-25-19(22)18(32-20)17(27)16-14(21)4-3-5-15(16)30;1-6-4-2-3-5-6;1-3-4-2/h2-5,10,12,31H,6-9,11,22,30H2,1H3,(H,24,25);2-5H2,1H3;3-4H2,1-2H3/b13-2+,23-10-;;. The van der Waals surface area contributed by atoms with Crippen molar-refractivity contribution in [1.29, 1.82) is 0 Å². The van der Waals surface area contributed by atoms with E-state index in [1.54, 1.807) is 13.0 Å². The van der Waals surface area contributed by atoms with Gasteiger partial charge in [-0.1, -0.05) is 56.2 Å². The molecule has 0 radical (unpaired) electrons. The van der Waals surface area contributed by atoms with E-state index < -0.39 is 21.6 Å². The number of nitrogens with one attached hydrogen (secondary N) is 1. The number of nitrogens with two attached hydrogens (primary N) is 1. The van der Waals surface area contributed by atoms with Crippen molar-refractivity contribution in [3.63, 3.8) is 0 Å². The molecule has 9 nitrogen and oxygen atoms in total. The first-order valence-corrected chi connectivity index (χ1v) is 18.0. The number of hydrogen-bond acceptors (Lipinski definition) is 10. The van der Waals surface area contributed by atoms with Crippen molar-refractivity contribution in [2.75, 3.05) is 50.2 Å². The predicted octanol–water partition coefficient (Wildman–Crippen LogP) is 5.18. The molecule has 2 aliphatic rings. The SMILES string of the molecule is C/C=C(\C=N/CS)S(=O)(=O)N1CCC(Nc2nc(N)c(C(=O)c3c(F)cccc3P)s2)CC1.CCCC.CN1CCCC1. The highest BCUT2D eigenvalue weighted by Gasteiger charge is 2.31. The molecule has 0 spiro atoms. The summed E-state index contributed by atoms with van der Waals surface area (Å²) >= 11 is 5.03. The number of nitrogen functional groups attached to an aromatic ring is 1. The summed E-state index contributed by atoms with van der Waals surface area (Å²) in [7, 11) is 0.895. The number of aromatic nitrogens is 1. The number of anilines is 2. The first kappa shape index (κ1) is 37.3. The van der Waals surface area contributed by atoms with E-state index in [0.29, 0.717) is 36.4 Å². The maximum Gasteiger partial charge on any atom is 0.244 e. The number of thiazole rings is 1. The molecule has 0 aliphatic carbocycles. The number of aliphatic imine (C=N–C) groups is 1. The lowest BCUT2D eigenvalue weighted by Crippen LogP contribution is -2.42. The Bertz CT molecular complexity index is 1320. The van der Waals surface area contributed by atoms with Crippen molar-refractivity contribution < 1.29 is 17.6 Å². The van der Waals surface area contributed by atoms with Gasteiger partial charge in [0.2, 0.25) is 15.8 Å². The fourth-order valence-corrected chi connectivity index (χ4v) is 7.18. The van der Waals surface area contributed by atoms with Gasteiger partial charge in [0.15, 0.2) is 5.13 Å². The minimum absolute atomic E-state index is 0.0290. The molecule has 43 heavy (non-hydrogen) atoms. The summed E-state index contributed by atoms with van der Waals surface area (Å²) < 4.78 is 41.3. The molecule has 1 aromatic carbocycles. The number of allylic oxidation sites excluding steroid dienone is 2. The molecule has 0 saturated carbocycles. The number of carbonyl (C=O) groups excluding carboxylic acids is 1. The van der Waals surface area contributed by atoms with Gasteiger partial charge in [-0.25, -0.2) is 17.8 Å². The number of thiol groups is 1. The van der Waals surface area contributed by atoms with Crippen molar-refractivity contribution in [2.45, 2.75) is 65.3 Å². The fourth-order valence-electron chi connectivity index (χ4n) is 4.31. The Balaban J connectivity index is 0.000000548. The number of sulfonamides is 1. The summed E-state index contributed by atoms with van der Waals surface area (Å²) in [6, 6.07) is 4.33. The Morgan fingerprint density at radius 3 is 2.35 bits per heavy atom. The first-order valence-electron chi connectivity index (χ1n) is 14.6. The average molecular weight is 673 g/mol. The van der Waals surface area contributed by atoms with Crippen LogP contribution in [-0.4, -0.2) is 79.8 Å². The minimum atomic E-state index is -3.63. The molecule has 0 bridgehead atoms. The van der Waals surface area contributed by atoms with Gasteiger partial charge >= 0.3 is 0 Å². The van der Waals surface area contributed by atoms with Gasteiger partial charge in [0.25, 0.3) is 0 Å². The Hall–Kier alpha value is -1.89. The predicted molar refractivity (Wildman–Crippen MR) is 186 cm³/mol. The van der Waals surface area contributed by atoms with Crippen LogP contribution in [0.15, 0.2) is 34.2 Å². The number of halogens is 1. The second-order valence-electron chi connectivity index (χ2n) is 10.2. The lowest BCUT2D eigenvalue weighted by Gasteiger charge is -2.31. The second kappa shape index (κ2) is 18.8. The van der Waals surface area contributed by atoms with Gasteiger partial charge in [-0.15, -0.1) is 9.24 Å². The number of unbranched alkanes of at least 4 members (excludes halogenated alkanes) is 1. The number of ketones is 1. The molecule has 4 rings (SSSR count). The van der Waals surface area contributed by atoms with E-state index in [1.807, 2.05) is 0 Å². The number of piperidine rings is 1. The fraction of sp³-hybridized carbons (Fsp3) is 0.552. The van der Waals surface area contributed by atoms with Crippen molar-refractivity contribution in [3.8, 4) is 0 Å². The lowest BCUT2D eigenvalue weighted by atomic mass is 10.1. The summed E-state index contributed by atoms with van der Waals surface area (Å²) in [5, 5.41) is 4.11. The summed E-state index contributed by atoms with van der Waals surface area (Å²) in [6.07, 6.45) is 9.39. The van der Waals surface area contributed by atoms with E-state index >= 15 is 0 Å². The molecule has 1 aromatic heterocycles. The molecule has 14 heteroatoms. The van der Waals surface area contributed by atoms with Crippen molar-refractivity contribution in [1.82, 2.24) is 14.2 Å². The quantitative estimate of drug-likeness (QED) is 0.145. The van der Waals surface area contributed by atoms with Gasteiger partial charge in [-0.2, -0.15) is 16.9 Å². The second-order valence-corrected chi connectivity index (χ2v) is 14.1. The zero-order valence-corrected chi connectivity index (χ0v) is 29.2. The maximum absolute atomic E-state index is 14.2. The third kappa shape index (κ3) is 11.2. The highest BCUT2D eigenvalue weighted by molar-refractivity contribution is 7.93. The molecule has 0 amide bonds. The zero-order chi connectivity index (χ0) is 32.0. The van der Waals surface area contributed by atoms with Crippen LogP contribution in [0.1, 0.15) is 74.5 Å². The lowest BCUT2D eigenvalue weighted by molar-refractivity contribution is 0.104. The largest absolute Gasteiger partial charge is 0.382 e. The Kier molecular flexibility index (Phi) is 16.3. The molecular formula is C29H46FN6O3PS3. The van der Waals surface area contributed by atoms with E-state index in [4.69, 9.17) is 5.73 Å². The van der Waals surface area contributed by atoms with Crippen LogP contribution >= 0.6 is 33.2 Å². The first-order chi connectivity index (χ1) is 20.5. The van der Waals surface area contributed by atoms with Gasteiger partial charge in [0, 0.05) is 25.3 Å². The van der Waals surface area contributed by atoms with Crippen molar-refractivity contribution in [3.05, 3.63) is 45.4 Å². The summed E-state index contributed by atoms with van der Waals surface area (Å²) in [4.78, 5) is 23.6. The molecule has 240 valence electrons. The van der Waals surface area contributed by atoms with Crippen LogP contribution in [0.3, 0.4) is 0 Å². The Labute approximate surface area is 268 Å². The molecule has 2 aromatic rings. The number of carbonyl (C=O) groups is 1. The van der Waals surface area contributed by atoms with Crippen LogP contribution in [0.25, 0.3) is 0 Å². The minimum Gasteiger partial charge on any atom is -0.382 e. The zero-order valence-electron chi connectivity index (χ0n) is 25.6. The molecular weight excluding hydrogens is 627 g/mol. The molecule has 3 heterocycles. The van der Waals surface area contributed by atoms with Gasteiger partial charge in [-0.3, -0.25) is 9.79 Å². The van der Waals surface area contributed by atoms with Gasteiger partial charge in [0.05, 0.1) is 16.3 Å². The normalized spacial score (nSPS) is 16.9. The van der Waals surface area contributed by atoms with Gasteiger partial charge in [0.1, 0.15) is 16.5 Å². The number of nitrogens with zero attached hydrogens (tertiary/aromatic N) is 4. The summed E-state index contributed by atoms with van der Waals surface area (Å²) in [5.41, 5.74) is 5.90.